The van der Waals surface area contributed by atoms with Crippen molar-refractivity contribution >= 4 is 33.9 Å². The fourth-order valence-corrected chi connectivity index (χ4v) is 3.60. The Morgan fingerprint density at radius 3 is 2.61 bits per heavy atom. The maximum absolute atomic E-state index is 12.5. The van der Waals surface area contributed by atoms with E-state index in [0.29, 0.717) is 28.2 Å². The second kappa shape index (κ2) is 8.04. The first-order valence-electron chi connectivity index (χ1n) is 9.97. The predicted molar refractivity (Wildman–Crippen MR) is 121 cm³/mol. The van der Waals surface area contributed by atoms with Gasteiger partial charge in [0.15, 0.2) is 0 Å². The van der Waals surface area contributed by atoms with Crippen LogP contribution in [0.1, 0.15) is 0 Å². The fourth-order valence-electron chi connectivity index (χ4n) is 3.60. The molecule has 0 saturated carbocycles. The van der Waals surface area contributed by atoms with Crippen LogP contribution in [0.2, 0.25) is 0 Å². The van der Waals surface area contributed by atoms with E-state index in [0.717, 1.165) is 43.2 Å². The highest BCUT2D eigenvalue weighted by molar-refractivity contribution is 5.92. The summed E-state index contributed by atoms with van der Waals surface area (Å²) >= 11 is 0. The van der Waals surface area contributed by atoms with Crippen LogP contribution in [0.15, 0.2) is 59.8 Å². The van der Waals surface area contributed by atoms with E-state index in [4.69, 9.17) is 15.5 Å². The highest BCUT2D eigenvalue weighted by atomic mass is 16.5. The van der Waals surface area contributed by atoms with Crippen LogP contribution < -0.4 is 21.5 Å². The third-order valence-electron chi connectivity index (χ3n) is 5.21. The molecule has 0 radical (unpaired) electrons. The Labute approximate surface area is 177 Å². The van der Waals surface area contributed by atoms with Gasteiger partial charge in [0.1, 0.15) is 17.0 Å². The van der Waals surface area contributed by atoms with Crippen molar-refractivity contribution in [2.75, 3.05) is 42.3 Å². The van der Waals surface area contributed by atoms with Crippen LogP contribution in [-0.2, 0) is 4.74 Å². The normalized spacial score (nSPS) is 14.0. The second-order valence-electron chi connectivity index (χ2n) is 7.22. The maximum atomic E-state index is 12.5. The van der Waals surface area contributed by atoms with Gasteiger partial charge in [0.25, 0.3) is 5.56 Å². The van der Waals surface area contributed by atoms with Crippen molar-refractivity contribution in [2.24, 2.45) is 0 Å². The van der Waals surface area contributed by atoms with Crippen molar-refractivity contribution < 1.29 is 4.74 Å². The molecular weight excluding hydrogens is 394 g/mol. The quantitative estimate of drug-likeness (QED) is 0.465. The fraction of sp³-hybridized carbons (Fsp3) is 0.182. The summed E-state index contributed by atoms with van der Waals surface area (Å²) in [4.78, 5) is 30.6. The molecule has 0 unspecified atom stereocenters. The van der Waals surface area contributed by atoms with E-state index in [2.05, 4.69) is 25.2 Å². The molecule has 3 aromatic heterocycles. The first-order chi connectivity index (χ1) is 15.2. The Hall–Kier alpha value is -3.98. The van der Waals surface area contributed by atoms with E-state index in [1.807, 2.05) is 30.3 Å². The van der Waals surface area contributed by atoms with Gasteiger partial charge >= 0.3 is 0 Å². The van der Waals surface area contributed by atoms with Gasteiger partial charge in [-0.25, -0.2) is 15.0 Å². The van der Waals surface area contributed by atoms with Gasteiger partial charge in [-0.15, -0.1) is 0 Å². The summed E-state index contributed by atoms with van der Waals surface area (Å²) in [7, 11) is 0. The van der Waals surface area contributed by atoms with Crippen LogP contribution in [0.3, 0.4) is 0 Å². The van der Waals surface area contributed by atoms with Crippen LogP contribution in [-0.4, -0.2) is 46.2 Å². The molecule has 1 aliphatic heterocycles. The topological polar surface area (TPSA) is 122 Å². The number of benzene rings is 1. The molecule has 1 fully saturated rings. The van der Waals surface area contributed by atoms with E-state index >= 15 is 0 Å². The Morgan fingerprint density at radius 2 is 1.87 bits per heavy atom. The van der Waals surface area contributed by atoms with E-state index in [-0.39, 0.29) is 5.56 Å². The van der Waals surface area contributed by atoms with Gasteiger partial charge < -0.3 is 25.7 Å². The largest absolute Gasteiger partial charge is 0.384 e. The lowest BCUT2D eigenvalue weighted by molar-refractivity contribution is 0.122. The van der Waals surface area contributed by atoms with Gasteiger partial charge in [0.2, 0.25) is 0 Å². The summed E-state index contributed by atoms with van der Waals surface area (Å²) in [5.74, 6) is 0.857. The molecule has 1 aromatic carbocycles. The SMILES string of the molecule is Nc1ccc(-c2cc3nc[nH]c(=O)c3c(Nc3ccc(N4CCOCC4)cc3)n2)cn1. The van der Waals surface area contributed by atoms with E-state index in [1.54, 1.807) is 18.3 Å². The number of pyridine rings is 2. The first kappa shape index (κ1) is 19.0. The van der Waals surface area contributed by atoms with E-state index in [9.17, 15) is 4.79 Å². The number of nitrogen functional groups attached to an aromatic ring is 1. The minimum Gasteiger partial charge on any atom is -0.384 e. The minimum atomic E-state index is -0.257. The lowest BCUT2D eigenvalue weighted by Crippen LogP contribution is -2.36. The molecule has 4 N–H and O–H groups in total. The molecule has 4 heterocycles. The van der Waals surface area contributed by atoms with Crippen molar-refractivity contribution in [3.8, 4) is 11.3 Å². The summed E-state index contributed by atoms with van der Waals surface area (Å²) < 4.78 is 5.42. The van der Waals surface area contributed by atoms with Gasteiger partial charge in [-0.3, -0.25) is 4.79 Å². The van der Waals surface area contributed by atoms with Crippen molar-refractivity contribution in [1.82, 2.24) is 19.9 Å². The number of rotatable bonds is 4. The molecule has 0 aliphatic carbocycles. The summed E-state index contributed by atoms with van der Waals surface area (Å²) in [5, 5.41) is 3.68. The lowest BCUT2D eigenvalue weighted by Gasteiger charge is -2.28. The highest BCUT2D eigenvalue weighted by Crippen LogP contribution is 2.28. The zero-order chi connectivity index (χ0) is 21.2. The predicted octanol–water partition coefficient (Wildman–Crippen LogP) is 2.54. The van der Waals surface area contributed by atoms with Crippen molar-refractivity contribution in [3.63, 3.8) is 0 Å². The summed E-state index contributed by atoms with van der Waals surface area (Å²) in [6.45, 7) is 3.21. The van der Waals surface area contributed by atoms with Gasteiger partial charge in [-0.05, 0) is 42.5 Å². The molecule has 0 bridgehead atoms. The molecule has 0 spiro atoms. The van der Waals surface area contributed by atoms with E-state index in [1.165, 1.54) is 6.33 Å². The number of nitrogens with one attached hydrogen (secondary N) is 2. The van der Waals surface area contributed by atoms with Crippen LogP contribution in [0.4, 0.5) is 23.0 Å². The third-order valence-corrected chi connectivity index (χ3v) is 5.21. The third kappa shape index (κ3) is 3.90. The smallest absolute Gasteiger partial charge is 0.262 e. The number of morpholine rings is 1. The Balaban J connectivity index is 1.52. The number of ether oxygens (including phenoxy) is 1. The number of H-pyrrole nitrogens is 1. The van der Waals surface area contributed by atoms with Crippen molar-refractivity contribution in [1.29, 1.82) is 0 Å². The zero-order valence-corrected chi connectivity index (χ0v) is 16.7. The molecular formula is C22H21N7O2. The molecule has 0 atom stereocenters. The molecule has 9 heteroatoms. The molecule has 9 nitrogen and oxygen atoms in total. The molecule has 4 aromatic rings. The van der Waals surface area contributed by atoms with Gasteiger partial charge in [-0.1, -0.05) is 0 Å². The van der Waals surface area contributed by atoms with Crippen molar-refractivity contribution in [2.45, 2.75) is 0 Å². The summed E-state index contributed by atoms with van der Waals surface area (Å²) in [6.07, 6.45) is 3.04. The average Bonchev–Trinajstić information content (AvgIpc) is 2.80. The number of nitrogens with two attached hydrogens (primary N) is 1. The number of fused-ring (bicyclic) bond motifs is 1. The minimum absolute atomic E-state index is 0.257. The number of nitrogens with zero attached hydrogens (tertiary/aromatic N) is 4. The lowest BCUT2D eigenvalue weighted by atomic mass is 10.1. The molecule has 31 heavy (non-hydrogen) atoms. The van der Waals surface area contributed by atoms with Crippen LogP contribution >= 0.6 is 0 Å². The van der Waals surface area contributed by atoms with Gasteiger partial charge in [0.05, 0.1) is 30.8 Å². The van der Waals surface area contributed by atoms with Crippen molar-refractivity contribution in [3.05, 3.63) is 65.3 Å². The summed E-state index contributed by atoms with van der Waals surface area (Å²) in [5.41, 5.74) is 9.36. The average molecular weight is 415 g/mol. The van der Waals surface area contributed by atoms with Gasteiger partial charge in [0, 0.05) is 36.2 Å². The number of hydrogen-bond acceptors (Lipinski definition) is 8. The monoisotopic (exact) mass is 415 g/mol. The number of hydrogen-bond donors (Lipinski definition) is 3. The van der Waals surface area contributed by atoms with Crippen LogP contribution in [0.5, 0.6) is 0 Å². The molecule has 1 saturated heterocycles. The van der Waals surface area contributed by atoms with Crippen LogP contribution in [0, 0.1) is 0 Å². The highest BCUT2D eigenvalue weighted by Gasteiger charge is 2.14. The summed E-state index contributed by atoms with van der Waals surface area (Å²) in [6, 6.07) is 13.4. The molecule has 0 amide bonds. The maximum Gasteiger partial charge on any atom is 0.262 e. The van der Waals surface area contributed by atoms with Gasteiger partial charge in [-0.2, -0.15) is 0 Å². The number of aromatic amines is 1. The zero-order valence-electron chi connectivity index (χ0n) is 16.7. The molecule has 1 aliphatic rings. The molecule has 156 valence electrons. The van der Waals surface area contributed by atoms with Crippen LogP contribution in [0.25, 0.3) is 22.2 Å². The second-order valence-corrected chi connectivity index (χ2v) is 7.22. The standard InChI is InChI=1S/C22H21N7O2/c23-19-6-1-14(12-24-19)17-11-18-20(22(30)26-13-25-18)21(28-17)27-15-2-4-16(5-3-15)29-7-9-31-10-8-29/h1-6,11-13H,7-10H2,(H2,23,24)(H,27,28)(H,25,26,30). The Kier molecular flexibility index (Phi) is 4.93. The first-order valence-corrected chi connectivity index (χ1v) is 9.97. The van der Waals surface area contributed by atoms with E-state index < -0.39 is 0 Å². The molecule has 5 rings (SSSR count). The number of anilines is 4. The Bertz CT molecular complexity index is 1260. The Morgan fingerprint density at radius 1 is 1.06 bits per heavy atom. The number of aromatic nitrogens is 4.